The fourth-order valence-electron chi connectivity index (χ4n) is 3.49. The van der Waals surface area contributed by atoms with Crippen LogP contribution < -0.4 is 5.32 Å². The zero-order valence-electron chi connectivity index (χ0n) is 17.3. The van der Waals surface area contributed by atoms with Crippen molar-refractivity contribution in [3.63, 3.8) is 0 Å². The van der Waals surface area contributed by atoms with Gasteiger partial charge in [0.25, 0.3) is 11.8 Å². The second-order valence-electron chi connectivity index (χ2n) is 7.00. The van der Waals surface area contributed by atoms with E-state index in [0.29, 0.717) is 24.3 Å². The molecule has 1 N–H and O–H groups in total. The average molecular weight is 393 g/mol. The van der Waals surface area contributed by atoms with Crippen LogP contribution in [0.4, 0.5) is 5.69 Å². The molecule has 3 aromatic rings. The average Bonchev–Trinajstić information content (AvgIpc) is 3.13. The molecular weight excluding hydrogens is 364 g/mol. The van der Waals surface area contributed by atoms with Gasteiger partial charge >= 0.3 is 0 Å². The predicted molar refractivity (Wildman–Crippen MR) is 115 cm³/mol. The molecule has 0 spiro atoms. The van der Waals surface area contributed by atoms with Crippen LogP contribution in [0.1, 0.15) is 60.3 Å². The lowest BCUT2D eigenvalue weighted by atomic mass is 10.1. The molecule has 6 nitrogen and oxygen atoms in total. The molecule has 0 bridgehead atoms. The smallest absolute Gasteiger partial charge is 0.292 e. The molecule has 2 aromatic heterocycles. The molecular formula is C23H28N4O2. The van der Waals surface area contributed by atoms with Gasteiger partial charge in [-0.05, 0) is 43.0 Å². The summed E-state index contributed by atoms with van der Waals surface area (Å²) in [5, 5.41) is 2.95. The topological polar surface area (TPSA) is 66.7 Å². The Kier molecular flexibility index (Phi) is 6.65. The molecule has 2 amide bonds. The molecule has 0 saturated heterocycles. The van der Waals surface area contributed by atoms with E-state index in [2.05, 4.69) is 10.3 Å². The van der Waals surface area contributed by atoms with E-state index in [0.717, 1.165) is 30.5 Å². The van der Waals surface area contributed by atoms with Crippen molar-refractivity contribution < 1.29 is 9.59 Å². The Balaban J connectivity index is 1.99. The highest BCUT2D eigenvalue weighted by Gasteiger charge is 2.24. The fraction of sp³-hybridized carbons (Fsp3) is 0.348. The Morgan fingerprint density at radius 1 is 1.00 bits per heavy atom. The van der Waals surface area contributed by atoms with E-state index in [4.69, 9.17) is 0 Å². The number of imidazole rings is 1. The van der Waals surface area contributed by atoms with Crippen molar-refractivity contribution in [3.8, 4) is 0 Å². The first-order valence-electron chi connectivity index (χ1n) is 10.3. The number of para-hydroxylation sites is 1. The van der Waals surface area contributed by atoms with Gasteiger partial charge in [0.2, 0.25) is 5.82 Å². The van der Waals surface area contributed by atoms with Crippen molar-refractivity contribution in [2.24, 2.45) is 0 Å². The maximum atomic E-state index is 13.2. The Labute approximate surface area is 171 Å². The zero-order valence-corrected chi connectivity index (χ0v) is 17.3. The number of pyridine rings is 1. The summed E-state index contributed by atoms with van der Waals surface area (Å²) < 4.78 is 1.69. The summed E-state index contributed by atoms with van der Waals surface area (Å²) >= 11 is 0. The number of nitrogens with one attached hydrogen (secondary N) is 1. The molecule has 0 saturated carbocycles. The van der Waals surface area contributed by atoms with Gasteiger partial charge in [-0.3, -0.25) is 14.0 Å². The normalized spacial score (nSPS) is 10.9. The van der Waals surface area contributed by atoms with Crippen LogP contribution in [0, 0.1) is 0 Å². The number of aryl methyl sites for hydroxylation is 1. The molecule has 29 heavy (non-hydrogen) atoms. The number of benzene rings is 1. The molecule has 6 heteroatoms. The number of fused-ring (bicyclic) bond motifs is 1. The summed E-state index contributed by atoms with van der Waals surface area (Å²) in [5.74, 6) is -0.253. The highest BCUT2D eigenvalue weighted by Crippen LogP contribution is 2.19. The Bertz CT molecular complexity index is 1000. The summed E-state index contributed by atoms with van der Waals surface area (Å²) in [6, 6.07) is 13.2. The number of carbonyl (C=O) groups excluding carboxylic acids is 2. The first-order chi connectivity index (χ1) is 14.1. The van der Waals surface area contributed by atoms with E-state index in [1.807, 2.05) is 68.1 Å². The van der Waals surface area contributed by atoms with Crippen LogP contribution >= 0.6 is 0 Å². The van der Waals surface area contributed by atoms with E-state index in [9.17, 15) is 9.59 Å². The minimum absolute atomic E-state index is 0.134. The first kappa shape index (κ1) is 20.6. The predicted octanol–water partition coefficient (Wildman–Crippen LogP) is 4.41. The maximum absolute atomic E-state index is 13.2. The lowest BCUT2D eigenvalue weighted by molar-refractivity contribution is 0.0752. The van der Waals surface area contributed by atoms with Gasteiger partial charge in [0.05, 0.1) is 5.52 Å². The number of anilines is 1. The molecule has 0 unspecified atom stereocenters. The van der Waals surface area contributed by atoms with E-state index in [1.165, 1.54) is 0 Å². The highest BCUT2D eigenvalue weighted by atomic mass is 16.2. The van der Waals surface area contributed by atoms with Gasteiger partial charge in [-0.2, -0.15) is 0 Å². The number of rotatable bonds is 8. The van der Waals surface area contributed by atoms with Crippen LogP contribution in [0.15, 0.2) is 48.7 Å². The Morgan fingerprint density at radius 3 is 2.38 bits per heavy atom. The van der Waals surface area contributed by atoms with Crippen molar-refractivity contribution >= 4 is 23.0 Å². The molecule has 0 aliphatic heterocycles. The van der Waals surface area contributed by atoms with Crippen LogP contribution in [0.5, 0.6) is 0 Å². The van der Waals surface area contributed by atoms with Gasteiger partial charge in [0.15, 0.2) is 5.69 Å². The van der Waals surface area contributed by atoms with Gasteiger partial charge in [-0.25, -0.2) is 4.98 Å². The molecule has 152 valence electrons. The monoisotopic (exact) mass is 392 g/mol. The van der Waals surface area contributed by atoms with Crippen molar-refractivity contribution in [2.45, 2.75) is 40.0 Å². The summed E-state index contributed by atoms with van der Waals surface area (Å²) in [6.07, 6.45) is 4.33. The minimum Gasteiger partial charge on any atom is -0.337 e. The van der Waals surface area contributed by atoms with Crippen LogP contribution in [0.25, 0.3) is 5.52 Å². The fourth-order valence-corrected chi connectivity index (χ4v) is 3.49. The van der Waals surface area contributed by atoms with Crippen molar-refractivity contribution in [3.05, 3.63) is 65.7 Å². The largest absolute Gasteiger partial charge is 0.337 e. The number of hydrogen-bond acceptors (Lipinski definition) is 3. The van der Waals surface area contributed by atoms with E-state index < -0.39 is 0 Å². The van der Waals surface area contributed by atoms with E-state index in [-0.39, 0.29) is 17.6 Å². The zero-order chi connectivity index (χ0) is 20.8. The molecule has 0 aliphatic carbocycles. The van der Waals surface area contributed by atoms with Crippen LogP contribution in [0.2, 0.25) is 0 Å². The molecule has 0 aliphatic rings. The van der Waals surface area contributed by atoms with Crippen LogP contribution in [-0.4, -0.2) is 39.2 Å². The standard InChI is InChI=1S/C23H28N4O2/c1-4-14-26(15-5-2)23(29)20-19-13-9-10-16-27(19)21(25-20)22(28)24-18-12-8-7-11-17(18)6-3/h7-13,16H,4-6,14-15H2,1-3H3,(H,24,28). The van der Waals surface area contributed by atoms with Crippen molar-refractivity contribution in [1.29, 1.82) is 0 Å². The van der Waals surface area contributed by atoms with Gasteiger partial charge < -0.3 is 10.2 Å². The Morgan fingerprint density at radius 2 is 1.69 bits per heavy atom. The summed E-state index contributed by atoms with van der Waals surface area (Å²) in [7, 11) is 0. The van der Waals surface area contributed by atoms with Gasteiger partial charge in [0.1, 0.15) is 0 Å². The van der Waals surface area contributed by atoms with Crippen molar-refractivity contribution in [2.75, 3.05) is 18.4 Å². The third-order valence-corrected chi connectivity index (χ3v) is 4.87. The third kappa shape index (κ3) is 4.31. The first-order valence-corrected chi connectivity index (χ1v) is 10.3. The number of amides is 2. The molecule has 3 rings (SSSR count). The van der Waals surface area contributed by atoms with Crippen LogP contribution in [0.3, 0.4) is 0 Å². The molecule has 0 fully saturated rings. The van der Waals surface area contributed by atoms with E-state index in [1.54, 1.807) is 10.6 Å². The second-order valence-corrected chi connectivity index (χ2v) is 7.00. The molecule has 1 aromatic carbocycles. The third-order valence-electron chi connectivity index (χ3n) is 4.87. The van der Waals surface area contributed by atoms with Gasteiger partial charge in [-0.15, -0.1) is 0 Å². The van der Waals surface area contributed by atoms with Gasteiger partial charge in [-0.1, -0.05) is 45.0 Å². The second kappa shape index (κ2) is 9.37. The lowest BCUT2D eigenvalue weighted by Gasteiger charge is -2.20. The number of hydrogen-bond donors (Lipinski definition) is 1. The van der Waals surface area contributed by atoms with Crippen molar-refractivity contribution in [1.82, 2.24) is 14.3 Å². The van der Waals surface area contributed by atoms with E-state index >= 15 is 0 Å². The quantitative estimate of drug-likeness (QED) is 0.617. The van der Waals surface area contributed by atoms with Crippen LogP contribution in [-0.2, 0) is 6.42 Å². The maximum Gasteiger partial charge on any atom is 0.292 e. The number of carbonyl (C=O) groups is 2. The minimum atomic E-state index is -0.330. The molecule has 2 heterocycles. The Hall–Kier alpha value is -3.15. The molecule has 0 atom stereocenters. The number of aromatic nitrogens is 2. The molecule has 0 radical (unpaired) electrons. The summed E-state index contributed by atoms with van der Waals surface area (Å²) in [4.78, 5) is 32.5. The highest BCUT2D eigenvalue weighted by molar-refractivity contribution is 6.06. The van der Waals surface area contributed by atoms with Gasteiger partial charge in [0, 0.05) is 25.0 Å². The lowest BCUT2D eigenvalue weighted by Crippen LogP contribution is -2.33. The summed E-state index contributed by atoms with van der Waals surface area (Å²) in [5.41, 5.74) is 2.78. The number of nitrogens with zero attached hydrogens (tertiary/aromatic N) is 3. The summed E-state index contributed by atoms with van der Waals surface area (Å²) in [6.45, 7) is 7.48. The SMILES string of the molecule is CCCN(CCC)C(=O)c1nc(C(=O)Nc2ccccc2CC)n2ccccc12.